The van der Waals surface area contributed by atoms with Gasteiger partial charge in [-0.2, -0.15) is 4.31 Å². The molecule has 0 spiro atoms. The number of hydrogen-bond acceptors (Lipinski definition) is 3. The van der Waals surface area contributed by atoms with Crippen LogP contribution in [0.2, 0.25) is 0 Å². The van der Waals surface area contributed by atoms with Crippen molar-refractivity contribution in [3.63, 3.8) is 0 Å². The Labute approximate surface area is 115 Å². The van der Waals surface area contributed by atoms with Gasteiger partial charge >= 0.3 is 0 Å². The molecule has 1 N–H and O–H groups in total. The Morgan fingerprint density at radius 3 is 2.74 bits per heavy atom. The second-order valence-electron chi connectivity index (χ2n) is 5.21. The highest BCUT2D eigenvalue weighted by molar-refractivity contribution is 7.89. The van der Waals surface area contributed by atoms with Crippen LogP contribution in [0.4, 0.5) is 0 Å². The predicted octanol–water partition coefficient (Wildman–Crippen LogP) is 1.99. The molecule has 1 aromatic carbocycles. The maximum atomic E-state index is 12.6. The zero-order chi connectivity index (χ0) is 13.9. The Balaban J connectivity index is 2.31. The number of hydrogen-bond donors (Lipinski definition) is 1. The van der Waals surface area contributed by atoms with Gasteiger partial charge < -0.3 is 5.11 Å². The van der Waals surface area contributed by atoms with Crippen molar-refractivity contribution in [1.82, 2.24) is 4.31 Å². The molecule has 0 aliphatic carbocycles. The third kappa shape index (κ3) is 3.16. The summed E-state index contributed by atoms with van der Waals surface area (Å²) in [4.78, 5) is 0.243. The van der Waals surface area contributed by atoms with E-state index in [2.05, 4.69) is 6.92 Å². The van der Waals surface area contributed by atoms with E-state index in [9.17, 15) is 13.5 Å². The normalized spacial score (nSPS) is 22.1. The molecule has 0 aromatic heterocycles. The van der Waals surface area contributed by atoms with Crippen molar-refractivity contribution < 1.29 is 13.5 Å². The molecule has 1 unspecified atom stereocenters. The molecule has 4 nitrogen and oxygen atoms in total. The molecule has 1 fully saturated rings. The van der Waals surface area contributed by atoms with Gasteiger partial charge in [0, 0.05) is 13.1 Å². The summed E-state index contributed by atoms with van der Waals surface area (Å²) in [6.07, 6.45) is 2.88. The molecule has 0 saturated carbocycles. The van der Waals surface area contributed by atoms with Crippen LogP contribution in [-0.2, 0) is 16.6 Å². The molecule has 19 heavy (non-hydrogen) atoms. The number of sulfonamides is 1. The summed E-state index contributed by atoms with van der Waals surface area (Å²) in [5, 5.41) is 9.29. The van der Waals surface area contributed by atoms with E-state index in [4.69, 9.17) is 0 Å². The molecule has 1 aromatic rings. The van der Waals surface area contributed by atoms with E-state index < -0.39 is 10.0 Å². The lowest BCUT2D eigenvalue weighted by Crippen LogP contribution is -2.32. The molecule has 1 aliphatic heterocycles. The second kappa shape index (κ2) is 6.03. The summed E-state index contributed by atoms with van der Waals surface area (Å²) in [6.45, 7) is 3.06. The Hall–Kier alpha value is -0.910. The first-order valence-electron chi connectivity index (χ1n) is 6.74. The van der Waals surface area contributed by atoms with Crippen molar-refractivity contribution in [2.75, 3.05) is 13.1 Å². The fourth-order valence-corrected chi connectivity index (χ4v) is 4.21. The van der Waals surface area contributed by atoms with Gasteiger partial charge in [0.1, 0.15) is 0 Å². The Bertz CT molecular complexity index is 527. The number of aliphatic hydroxyl groups excluding tert-OH is 1. The predicted molar refractivity (Wildman–Crippen MR) is 74.1 cm³/mol. The molecule has 2 rings (SSSR count). The van der Waals surface area contributed by atoms with Crippen LogP contribution in [-0.4, -0.2) is 30.9 Å². The van der Waals surface area contributed by atoms with Crippen molar-refractivity contribution in [3.8, 4) is 0 Å². The maximum absolute atomic E-state index is 12.6. The molecule has 1 heterocycles. The lowest BCUT2D eigenvalue weighted by molar-refractivity contribution is 0.278. The van der Waals surface area contributed by atoms with E-state index in [0.29, 0.717) is 24.6 Å². The molecule has 0 radical (unpaired) electrons. The minimum absolute atomic E-state index is 0.243. The molecule has 0 bridgehead atoms. The molecule has 1 aliphatic rings. The average Bonchev–Trinajstić information content (AvgIpc) is 2.64. The van der Waals surface area contributed by atoms with E-state index in [1.807, 2.05) is 0 Å². The summed E-state index contributed by atoms with van der Waals surface area (Å²) in [7, 11) is -3.48. The Morgan fingerprint density at radius 1 is 1.26 bits per heavy atom. The van der Waals surface area contributed by atoms with Gasteiger partial charge in [-0.15, -0.1) is 0 Å². The van der Waals surface area contributed by atoms with Gasteiger partial charge in [0.2, 0.25) is 10.0 Å². The highest BCUT2D eigenvalue weighted by Crippen LogP contribution is 2.25. The van der Waals surface area contributed by atoms with Crippen LogP contribution >= 0.6 is 0 Å². The lowest BCUT2D eigenvalue weighted by Gasteiger charge is -2.21. The first kappa shape index (κ1) is 14.5. The van der Waals surface area contributed by atoms with Gasteiger partial charge in [-0.1, -0.05) is 25.1 Å². The summed E-state index contributed by atoms with van der Waals surface area (Å²) >= 11 is 0. The highest BCUT2D eigenvalue weighted by atomic mass is 32.2. The van der Waals surface area contributed by atoms with Gasteiger partial charge in [-0.05, 0) is 36.8 Å². The van der Waals surface area contributed by atoms with Crippen molar-refractivity contribution in [2.45, 2.75) is 37.7 Å². The smallest absolute Gasteiger partial charge is 0.243 e. The van der Waals surface area contributed by atoms with Crippen LogP contribution in [0.3, 0.4) is 0 Å². The first-order valence-corrected chi connectivity index (χ1v) is 8.18. The largest absolute Gasteiger partial charge is 0.392 e. The second-order valence-corrected chi connectivity index (χ2v) is 7.11. The monoisotopic (exact) mass is 283 g/mol. The number of aliphatic hydroxyl groups is 1. The summed E-state index contributed by atoms with van der Waals surface area (Å²) in [5.74, 6) is 0.577. The third-order valence-electron chi connectivity index (χ3n) is 3.74. The van der Waals surface area contributed by atoms with Crippen LogP contribution < -0.4 is 0 Å². The molecule has 5 heteroatoms. The van der Waals surface area contributed by atoms with Crippen molar-refractivity contribution >= 4 is 10.0 Å². The van der Waals surface area contributed by atoms with E-state index in [-0.39, 0.29) is 11.5 Å². The van der Waals surface area contributed by atoms with Gasteiger partial charge in [-0.25, -0.2) is 8.42 Å². The van der Waals surface area contributed by atoms with Crippen LogP contribution in [0.25, 0.3) is 0 Å². The Kier molecular flexibility index (Phi) is 4.60. The number of benzene rings is 1. The van der Waals surface area contributed by atoms with Crippen LogP contribution in [0, 0.1) is 5.92 Å². The van der Waals surface area contributed by atoms with Gasteiger partial charge in [0.15, 0.2) is 0 Å². The van der Waals surface area contributed by atoms with E-state index in [1.54, 1.807) is 28.6 Å². The maximum Gasteiger partial charge on any atom is 0.243 e. The Morgan fingerprint density at radius 2 is 2.00 bits per heavy atom. The van der Waals surface area contributed by atoms with Crippen LogP contribution in [0.15, 0.2) is 29.2 Å². The van der Waals surface area contributed by atoms with Crippen molar-refractivity contribution in [2.24, 2.45) is 5.92 Å². The third-order valence-corrected chi connectivity index (χ3v) is 5.74. The van der Waals surface area contributed by atoms with E-state index >= 15 is 0 Å². The average molecular weight is 283 g/mol. The molecular formula is C14H21NO3S. The standard InChI is InChI=1S/C14H21NO3S/c1-12-5-4-9-15(10-8-12)19(17,18)14-7-3-2-6-13(14)11-16/h2-3,6-7,12,16H,4-5,8-11H2,1H3. The van der Waals surface area contributed by atoms with Crippen LogP contribution in [0.1, 0.15) is 31.7 Å². The number of rotatable bonds is 3. The van der Waals surface area contributed by atoms with Crippen molar-refractivity contribution in [1.29, 1.82) is 0 Å². The van der Waals surface area contributed by atoms with Gasteiger partial charge in [-0.3, -0.25) is 0 Å². The van der Waals surface area contributed by atoms with Crippen molar-refractivity contribution in [3.05, 3.63) is 29.8 Å². The minimum atomic E-state index is -3.48. The molecule has 1 atom stereocenters. The molecular weight excluding hydrogens is 262 g/mol. The number of nitrogens with zero attached hydrogens (tertiary/aromatic N) is 1. The van der Waals surface area contributed by atoms with Crippen LogP contribution in [0.5, 0.6) is 0 Å². The molecule has 1 saturated heterocycles. The lowest BCUT2D eigenvalue weighted by atomic mass is 10.0. The quantitative estimate of drug-likeness (QED) is 0.923. The SMILES string of the molecule is CC1CCCN(S(=O)(=O)c2ccccc2CO)CC1. The molecule has 106 valence electrons. The summed E-state index contributed by atoms with van der Waals surface area (Å²) in [6, 6.07) is 6.68. The fraction of sp³-hybridized carbons (Fsp3) is 0.571. The summed E-state index contributed by atoms with van der Waals surface area (Å²) < 4.78 is 26.8. The van der Waals surface area contributed by atoms with Gasteiger partial charge in [0.25, 0.3) is 0 Å². The minimum Gasteiger partial charge on any atom is -0.392 e. The van der Waals surface area contributed by atoms with E-state index in [1.165, 1.54) is 0 Å². The highest BCUT2D eigenvalue weighted by Gasteiger charge is 2.28. The zero-order valence-electron chi connectivity index (χ0n) is 11.2. The summed E-state index contributed by atoms with van der Waals surface area (Å²) in [5.41, 5.74) is 0.472. The zero-order valence-corrected chi connectivity index (χ0v) is 12.1. The topological polar surface area (TPSA) is 57.6 Å². The van der Waals surface area contributed by atoms with E-state index in [0.717, 1.165) is 19.3 Å². The molecule has 0 amide bonds. The first-order chi connectivity index (χ1) is 9.05. The van der Waals surface area contributed by atoms with Gasteiger partial charge in [0.05, 0.1) is 11.5 Å². The fourth-order valence-electron chi connectivity index (χ4n) is 2.50.